The molecule has 0 saturated heterocycles. The SMILES string of the molecule is N#Cc1ccc(N2N=C3c4ccc(C(=O)OCC(=O)OCc5ccccc5)cc4CC[C@@H]3[C@@H]2C2CCCC2)cc1Cl. The summed E-state index contributed by atoms with van der Waals surface area (Å²) in [5.74, 6) is -0.341. The number of hydrazone groups is 1. The van der Waals surface area contributed by atoms with E-state index in [0.717, 1.165) is 40.9 Å². The first-order valence-electron chi connectivity index (χ1n) is 14.1. The van der Waals surface area contributed by atoms with E-state index in [4.69, 9.17) is 26.2 Å². The number of hydrogen-bond donors (Lipinski definition) is 0. The second-order valence-corrected chi connectivity index (χ2v) is 11.3. The predicted octanol–water partition coefficient (Wildman–Crippen LogP) is 6.46. The molecule has 1 saturated carbocycles. The predicted molar refractivity (Wildman–Crippen MR) is 156 cm³/mol. The van der Waals surface area contributed by atoms with Crippen molar-refractivity contribution >= 4 is 34.9 Å². The van der Waals surface area contributed by atoms with E-state index < -0.39 is 18.5 Å². The van der Waals surface area contributed by atoms with Crippen LogP contribution in [0.2, 0.25) is 5.02 Å². The van der Waals surface area contributed by atoms with Crippen molar-refractivity contribution in [1.82, 2.24) is 0 Å². The average Bonchev–Trinajstić information content (AvgIpc) is 3.67. The zero-order valence-corrected chi connectivity index (χ0v) is 23.3. The zero-order chi connectivity index (χ0) is 28.3. The summed E-state index contributed by atoms with van der Waals surface area (Å²) in [6, 6.07) is 22.8. The fourth-order valence-corrected chi connectivity index (χ4v) is 6.64. The lowest BCUT2D eigenvalue weighted by atomic mass is 9.75. The highest BCUT2D eigenvalue weighted by molar-refractivity contribution is 6.32. The second-order valence-electron chi connectivity index (χ2n) is 10.9. The Morgan fingerprint density at radius 1 is 1.00 bits per heavy atom. The van der Waals surface area contributed by atoms with Gasteiger partial charge in [0.25, 0.3) is 0 Å². The average molecular weight is 568 g/mol. The van der Waals surface area contributed by atoms with Crippen LogP contribution < -0.4 is 5.01 Å². The Kier molecular flexibility index (Phi) is 7.76. The molecule has 0 N–H and O–H groups in total. The molecular weight excluding hydrogens is 538 g/mol. The van der Waals surface area contributed by atoms with Gasteiger partial charge in [-0.15, -0.1) is 0 Å². The Labute approximate surface area is 244 Å². The van der Waals surface area contributed by atoms with Gasteiger partial charge < -0.3 is 9.47 Å². The van der Waals surface area contributed by atoms with E-state index >= 15 is 0 Å². The first kappa shape index (κ1) is 27.0. The Balaban J connectivity index is 1.18. The molecule has 3 aliphatic rings. The number of ether oxygens (including phenoxy) is 2. The fraction of sp³-hybridized carbons (Fsp3) is 0.333. The van der Waals surface area contributed by atoms with Crippen LogP contribution in [0, 0.1) is 23.2 Å². The number of anilines is 1. The van der Waals surface area contributed by atoms with E-state index in [9.17, 15) is 14.9 Å². The van der Waals surface area contributed by atoms with Crippen molar-refractivity contribution < 1.29 is 19.1 Å². The topological polar surface area (TPSA) is 92.0 Å². The number of aryl methyl sites for hydroxylation is 1. The Morgan fingerprint density at radius 2 is 1.80 bits per heavy atom. The number of fused-ring (bicyclic) bond motifs is 3. The third kappa shape index (κ3) is 5.57. The summed E-state index contributed by atoms with van der Waals surface area (Å²) in [5, 5.41) is 17.0. The van der Waals surface area contributed by atoms with Gasteiger partial charge in [-0.05, 0) is 73.1 Å². The van der Waals surface area contributed by atoms with Crippen LogP contribution in [0.3, 0.4) is 0 Å². The Bertz CT molecular complexity index is 1540. The molecule has 2 aliphatic carbocycles. The number of rotatable bonds is 7. The van der Waals surface area contributed by atoms with Crippen LogP contribution in [-0.2, 0) is 27.3 Å². The summed E-state index contributed by atoms with van der Waals surface area (Å²) in [6.45, 7) is -0.310. The molecular formula is C33H30ClN3O4. The fourth-order valence-electron chi connectivity index (χ4n) is 6.42. The maximum absolute atomic E-state index is 12.8. The van der Waals surface area contributed by atoms with Crippen molar-refractivity contribution in [2.45, 2.75) is 51.2 Å². The first-order valence-corrected chi connectivity index (χ1v) is 14.5. The van der Waals surface area contributed by atoms with Crippen LogP contribution in [0.25, 0.3) is 0 Å². The third-order valence-corrected chi connectivity index (χ3v) is 8.70. The highest BCUT2D eigenvalue weighted by Crippen LogP contribution is 2.45. The summed E-state index contributed by atoms with van der Waals surface area (Å²) < 4.78 is 10.5. The van der Waals surface area contributed by atoms with Gasteiger partial charge in [0.1, 0.15) is 12.7 Å². The van der Waals surface area contributed by atoms with E-state index in [0.29, 0.717) is 22.1 Å². The molecule has 0 bridgehead atoms. The van der Waals surface area contributed by atoms with Crippen LogP contribution in [0.15, 0.2) is 71.8 Å². The molecule has 1 aliphatic heterocycles. The van der Waals surface area contributed by atoms with Crippen LogP contribution in [0.1, 0.15) is 64.7 Å². The lowest BCUT2D eigenvalue weighted by Gasteiger charge is -2.34. The molecule has 41 heavy (non-hydrogen) atoms. The number of esters is 2. The van der Waals surface area contributed by atoms with E-state index in [1.807, 2.05) is 54.6 Å². The Hall–Kier alpha value is -4.15. The normalized spacial score (nSPS) is 19.6. The summed E-state index contributed by atoms with van der Waals surface area (Å²) in [4.78, 5) is 24.9. The second kappa shape index (κ2) is 11.8. The number of nitrogens with zero attached hydrogens (tertiary/aromatic N) is 3. The van der Waals surface area contributed by atoms with Crippen LogP contribution in [0.5, 0.6) is 0 Å². The van der Waals surface area contributed by atoms with Crippen molar-refractivity contribution in [3.05, 3.63) is 99.6 Å². The lowest BCUT2D eigenvalue weighted by Crippen LogP contribution is -2.40. The van der Waals surface area contributed by atoms with Crippen molar-refractivity contribution in [1.29, 1.82) is 5.26 Å². The summed E-state index contributed by atoms with van der Waals surface area (Å²) in [6.07, 6.45) is 6.56. The van der Waals surface area contributed by atoms with E-state index in [2.05, 4.69) is 11.1 Å². The molecule has 0 spiro atoms. The lowest BCUT2D eigenvalue weighted by molar-refractivity contribution is -0.148. The highest BCUT2D eigenvalue weighted by atomic mass is 35.5. The molecule has 1 fully saturated rings. The minimum absolute atomic E-state index is 0.132. The maximum atomic E-state index is 12.8. The molecule has 0 radical (unpaired) electrons. The standard InChI is InChI=1S/C33H30ClN3O4/c34-29-17-26(13-10-25(29)18-35)37-32(22-8-4-5-9-22)28-15-11-23-16-24(12-14-27(23)31(28)36-37)33(39)41-20-30(38)40-19-21-6-2-1-3-7-21/h1-3,6-7,10,12-14,16-17,22,28,32H,4-5,8-9,11,15,19-20H2/t28-,32-/m0/s1. The number of halogens is 1. The summed E-state index contributed by atoms with van der Waals surface area (Å²) in [5.41, 5.74) is 5.75. The molecule has 0 aromatic heterocycles. The molecule has 0 amide bonds. The summed E-state index contributed by atoms with van der Waals surface area (Å²) >= 11 is 6.42. The first-order chi connectivity index (χ1) is 20.0. The largest absolute Gasteiger partial charge is 0.458 e. The van der Waals surface area contributed by atoms with Gasteiger partial charge in [-0.1, -0.05) is 60.8 Å². The van der Waals surface area contributed by atoms with Gasteiger partial charge in [0.15, 0.2) is 6.61 Å². The molecule has 3 aromatic carbocycles. The highest BCUT2D eigenvalue weighted by Gasteiger charge is 2.45. The van der Waals surface area contributed by atoms with Crippen molar-refractivity contribution in [2.75, 3.05) is 11.6 Å². The van der Waals surface area contributed by atoms with Crippen LogP contribution in [-0.4, -0.2) is 30.3 Å². The van der Waals surface area contributed by atoms with Crippen LogP contribution in [0.4, 0.5) is 5.69 Å². The van der Waals surface area contributed by atoms with Gasteiger partial charge in [0, 0.05) is 11.5 Å². The van der Waals surface area contributed by atoms with E-state index in [1.165, 1.54) is 25.7 Å². The number of carbonyl (C=O) groups is 2. The molecule has 1 heterocycles. The number of benzene rings is 3. The molecule has 208 valence electrons. The number of nitriles is 1. The van der Waals surface area contributed by atoms with E-state index in [1.54, 1.807) is 12.1 Å². The van der Waals surface area contributed by atoms with Gasteiger partial charge >= 0.3 is 11.9 Å². The molecule has 2 atom stereocenters. The van der Waals surface area contributed by atoms with Gasteiger partial charge in [0.05, 0.1) is 33.6 Å². The van der Waals surface area contributed by atoms with E-state index in [-0.39, 0.29) is 18.6 Å². The molecule has 8 heteroatoms. The van der Waals surface area contributed by atoms with Crippen molar-refractivity contribution in [3.63, 3.8) is 0 Å². The molecule has 3 aromatic rings. The maximum Gasteiger partial charge on any atom is 0.344 e. The molecule has 6 rings (SSSR count). The number of carbonyl (C=O) groups excluding carboxylic acids is 2. The third-order valence-electron chi connectivity index (χ3n) is 8.39. The molecule has 0 unspecified atom stereocenters. The molecule has 7 nitrogen and oxygen atoms in total. The smallest absolute Gasteiger partial charge is 0.344 e. The monoisotopic (exact) mass is 567 g/mol. The minimum atomic E-state index is -0.593. The zero-order valence-electron chi connectivity index (χ0n) is 22.6. The van der Waals surface area contributed by atoms with Crippen molar-refractivity contribution in [2.24, 2.45) is 16.9 Å². The van der Waals surface area contributed by atoms with Gasteiger partial charge in [0.2, 0.25) is 0 Å². The quantitative estimate of drug-likeness (QED) is 0.304. The summed E-state index contributed by atoms with van der Waals surface area (Å²) in [7, 11) is 0. The van der Waals surface area contributed by atoms with Crippen molar-refractivity contribution in [3.8, 4) is 6.07 Å². The minimum Gasteiger partial charge on any atom is -0.458 e. The number of hydrogen-bond acceptors (Lipinski definition) is 7. The van der Waals surface area contributed by atoms with Crippen LogP contribution >= 0.6 is 11.6 Å². The Morgan fingerprint density at radius 3 is 2.56 bits per heavy atom. The van der Waals surface area contributed by atoms with Gasteiger partial charge in [-0.25, -0.2) is 9.59 Å². The van der Waals surface area contributed by atoms with Gasteiger partial charge in [-0.3, -0.25) is 5.01 Å². The van der Waals surface area contributed by atoms with Gasteiger partial charge in [-0.2, -0.15) is 10.4 Å².